The zero-order valence-electron chi connectivity index (χ0n) is 13.9. The maximum atomic E-state index is 12.8. The predicted octanol–water partition coefficient (Wildman–Crippen LogP) is 3.08. The van der Waals surface area contributed by atoms with Crippen LogP contribution in [0.1, 0.15) is 29.3 Å². The maximum absolute atomic E-state index is 12.8. The monoisotopic (exact) mass is 380 g/mol. The number of fused-ring (bicyclic) bond motifs is 1. The molecule has 1 aliphatic heterocycles. The Labute approximate surface area is 154 Å². The van der Waals surface area contributed by atoms with Crippen LogP contribution in [-0.4, -0.2) is 26.6 Å². The molecule has 0 aromatic heterocycles. The van der Waals surface area contributed by atoms with Crippen molar-refractivity contribution in [3.63, 3.8) is 0 Å². The molecular formula is C18H21ClN2O3S. The van der Waals surface area contributed by atoms with Crippen LogP contribution in [0.25, 0.3) is 0 Å². The van der Waals surface area contributed by atoms with Crippen LogP contribution in [0.5, 0.6) is 0 Å². The molecule has 1 aliphatic rings. The SMILES string of the molecule is CCS(=O)(=O)c1ccc(C(=O)N2CCCc3c(N)cccc32)cc1.Cl. The Hall–Kier alpha value is -2.05. The van der Waals surface area contributed by atoms with Gasteiger partial charge in [-0.2, -0.15) is 0 Å². The van der Waals surface area contributed by atoms with Gasteiger partial charge in [-0.15, -0.1) is 12.4 Å². The van der Waals surface area contributed by atoms with Gasteiger partial charge in [0.05, 0.1) is 10.6 Å². The second-order valence-electron chi connectivity index (χ2n) is 5.83. The van der Waals surface area contributed by atoms with Crippen molar-refractivity contribution in [1.82, 2.24) is 0 Å². The molecule has 1 heterocycles. The van der Waals surface area contributed by atoms with E-state index in [1.165, 1.54) is 12.1 Å². The van der Waals surface area contributed by atoms with Crippen LogP contribution in [0.4, 0.5) is 11.4 Å². The second-order valence-corrected chi connectivity index (χ2v) is 8.11. The molecule has 0 saturated carbocycles. The van der Waals surface area contributed by atoms with Gasteiger partial charge in [0.15, 0.2) is 9.84 Å². The van der Waals surface area contributed by atoms with Gasteiger partial charge in [-0.1, -0.05) is 13.0 Å². The molecule has 5 nitrogen and oxygen atoms in total. The average Bonchev–Trinajstić information content (AvgIpc) is 2.61. The Kier molecular flexibility index (Phi) is 5.75. The minimum absolute atomic E-state index is 0. The van der Waals surface area contributed by atoms with Crippen LogP contribution in [0, 0.1) is 0 Å². The average molecular weight is 381 g/mol. The summed E-state index contributed by atoms with van der Waals surface area (Å²) in [5.41, 5.74) is 9.04. The number of hydrogen-bond acceptors (Lipinski definition) is 4. The Balaban J connectivity index is 0.00000225. The fraction of sp³-hybridized carbons (Fsp3) is 0.278. The molecule has 2 aromatic rings. The van der Waals surface area contributed by atoms with E-state index in [4.69, 9.17) is 5.73 Å². The molecule has 0 radical (unpaired) electrons. The van der Waals surface area contributed by atoms with Crippen molar-refractivity contribution < 1.29 is 13.2 Å². The number of anilines is 2. The Bertz CT molecular complexity index is 880. The van der Waals surface area contributed by atoms with Gasteiger partial charge in [-0.25, -0.2) is 8.42 Å². The lowest BCUT2D eigenvalue weighted by atomic mass is 9.99. The number of carbonyl (C=O) groups is 1. The third-order valence-electron chi connectivity index (χ3n) is 4.37. The lowest BCUT2D eigenvalue weighted by Crippen LogP contribution is -2.35. The third-order valence-corrected chi connectivity index (χ3v) is 6.12. The molecule has 0 atom stereocenters. The molecule has 0 aliphatic carbocycles. The summed E-state index contributed by atoms with van der Waals surface area (Å²) in [5, 5.41) is 0. The summed E-state index contributed by atoms with van der Waals surface area (Å²) in [4.78, 5) is 14.8. The topological polar surface area (TPSA) is 80.5 Å². The number of nitrogens with zero attached hydrogens (tertiary/aromatic N) is 1. The predicted molar refractivity (Wildman–Crippen MR) is 102 cm³/mol. The molecule has 7 heteroatoms. The van der Waals surface area contributed by atoms with Gasteiger partial charge in [0.2, 0.25) is 0 Å². The second kappa shape index (κ2) is 7.45. The smallest absolute Gasteiger partial charge is 0.258 e. The van der Waals surface area contributed by atoms with Gasteiger partial charge in [0.1, 0.15) is 0 Å². The first-order chi connectivity index (χ1) is 11.4. The molecule has 25 heavy (non-hydrogen) atoms. The molecule has 0 unspecified atom stereocenters. The summed E-state index contributed by atoms with van der Waals surface area (Å²) < 4.78 is 23.8. The fourth-order valence-corrected chi connectivity index (χ4v) is 3.87. The van der Waals surface area contributed by atoms with Crippen LogP contribution in [0.3, 0.4) is 0 Å². The van der Waals surface area contributed by atoms with Gasteiger partial charge in [-0.3, -0.25) is 4.79 Å². The van der Waals surface area contributed by atoms with Crippen LogP contribution < -0.4 is 10.6 Å². The van der Waals surface area contributed by atoms with Gasteiger partial charge in [0.25, 0.3) is 5.91 Å². The van der Waals surface area contributed by atoms with Gasteiger partial charge in [-0.05, 0) is 54.8 Å². The quantitative estimate of drug-likeness (QED) is 0.830. The van der Waals surface area contributed by atoms with Crippen molar-refractivity contribution >= 4 is 39.5 Å². The summed E-state index contributed by atoms with van der Waals surface area (Å²) in [6.45, 7) is 2.23. The zero-order valence-corrected chi connectivity index (χ0v) is 15.6. The van der Waals surface area contributed by atoms with Crippen molar-refractivity contribution in [2.75, 3.05) is 22.9 Å². The molecule has 0 bridgehead atoms. The van der Waals surface area contributed by atoms with Gasteiger partial charge in [0, 0.05) is 23.5 Å². The molecule has 0 spiro atoms. The molecule has 134 valence electrons. The summed E-state index contributed by atoms with van der Waals surface area (Å²) in [5.74, 6) is -0.0963. The van der Waals surface area contributed by atoms with Crippen LogP contribution in [-0.2, 0) is 16.3 Å². The molecule has 0 saturated heterocycles. The highest BCUT2D eigenvalue weighted by Gasteiger charge is 2.25. The molecule has 1 amide bonds. The highest BCUT2D eigenvalue weighted by molar-refractivity contribution is 7.91. The Morgan fingerprint density at radius 2 is 1.84 bits per heavy atom. The minimum Gasteiger partial charge on any atom is -0.398 e. The number of halogens is 1. The lowest BCUT2D eigenvalue weighted by molar-refractivity contribution is 0.0985. The van der Waals surface area contributed by atoms with Crippen molar-refractivity contribution in [2.45, 2.75) is 24.7 Å². The van der Waals surface area contributed by atoms with E-state index in [2.05, 4.69) is 0 Å². The van der Waals surface area contributed by atoms with E-state index in [9.17, 15) is 13.2 Å². The summed E-state index contributed by atoms with van der Waals surface area (Å²) in [7, 11) is -3.26. The van der Waals surface area contributed by atoms with Crippen LogP contribution in [0.15, 0.2) is 47.4 Å². The number of amides is 1. The molecular weight excluding hydrogens is 360 g/mol. The highest BCUT2D eigenvalue weighted by atomic mass is 35.5. The first-order valence-electron chi connectivity index (χ1n) is 7.96. The maximum Gasteiger partial charge on any atom is 0.258 e. The Morgan fingerprint density at radius 3 is 2.48 bits per heavy atom. The first-order valence-corrected chi connectivity index (χ1v) is 9.61. The number of sulfone groups is 1. The van der Waals surface area contributed by atoms with E-state index < -0.39 is 9.84 Å². The van der Waals surface area contributed by atoms with Gasteiger partial charge >= 0.3 is 0 Å². The minimum atomic E-state index is -3.26. The van der Waals surface area contributed by atoms with Crippen molar-refractivity contribution in [1.29, 1.82) is 0 Å². The van der Waals surface area contributed by atoms with E-state index in [1.54, 1.807) is 24.0 Å². The Morgan fingerprint density at radius 1 is 1.16 bits per heavy atom. The van der Waals surface area contributed by atoms with Crippen molar-refractivity contribution in [3.05, 3.63) is 53.6 Å². The normalized spacial score (nSPS) is 13.7. The number of nitrogens with two attached hydrogens (primary N) is 1. The first kappa shape index (κ1) is 19.3. The van der Waals surface area contributed by atoms with Gasteiger partial charge < -0.3 is 10.6 Å². The molecule has 2 N–H and O–H groups in total. The number of carbonyl (C=O) groups excluding carboxylic acids is 1. The van der Waals surface area contributed by atoms with E-state index in [0.717, 1.165) is 24.1 Å². The largest absolute Gasteiger partial charge is 0.398 e. The summed E-state index contributed by atoms with van der Waals surface area (Å²) >= 11 is 0. The standard InChI is InChI=1S/C18H20N2O3S.ClH/c1-2-24(22,23)14-10-8-13(9-11-14)18(21)20-12-4-5-15-16(19)6-3-7-17(15)20;/h3,6-11H,2,4-5,12,19H2,1H3;1H. The van der Waals surface area contributed by atoms with Crippen LogP contribution >= 0.6 is 12.4 Å². The third kappa shape index (κ3) is 3.65. The van der Waals surface area contributed by atoms with E-state index in [0.29, 0.717) is 17.8 Å². The molecule has 2 aromatic carbocycles. The number of rotatable bonds is 3. The number of nitrogen functional groups attached to an aromatic ring is 1. The summed E-state index contributed by atoms with van der Waals surface area (Å²) in [6.07, 6.45) is 1.72. The van der Waals surface area contributed by atoms with Crippen molar-refractivity contribution in [3.8, 4) is 0 Å². The summed E-state index contributed by atoms with van der Waals surface area (Å²) in [6, 6.07) is 11.7. The molecule has 3 rings (SSSR count). The zero-order chi connectivity index (χ0) is 17.3. The van der Waals surface area contributed by atoms with Crippen molar-refractivity contribution in [2.24, 2.45) is 0 Å². The van der Waals surface area contributed by atoms with Crippen LogP contribution in [0.2, 0.25) is 0 Å². The highest BCUT2D eigenvalue weighted by Crippen LogP contribution is 2.32. The number of hydrogen-bond donors (Lipinski definition) is 1. The van der Waals surface area contributed by atoms with E-state index in [-0.39, 0.29) is 29.0 Å². The van der Waals surface area contributed by atoms with E-state index in [1.807, 2.05) is 18.2 Å². The fourth-order valence-electron chi connectivity index (χ4n) is 2.99. The lowest BCUT2D eigenvalue weighted by Gasteiger charge is -2.30. The molecule has 0 fully saturated rings. The number of benzene rings is 2. The van der Waals surface area contributed by atoms with E-state index >= 15 is 0 Å².